The van der Waals surface area contributed by atoms with Gasteiger partial charge in [0, 0.05) is 0 Å². The van der Waals surface area contributed by atoms with Crippen LogP contribution < -0.4 is 0 Å². The van der Waals surface area contributed by atoms with Gasteiger partial charge in [-0.15, -0.1) is 0 Å². The fourth-order valence-electron chi connectivity index (χ4n) is 0.231. The van der Waals surface area contributed by atoms with E-state index >= 15 is 0 Å². The first kappa shape index (κ1) is 22.6. The Bertz CT molecular complexity index is 170. The molecule has 0 aliphatic heterocycles. The van der Waals surface area contributed by atoms with Crippen LogP contribution in [-0.2, 0) is 0 Å². The second-order valence-electron chi connectivity index (χ2n) is 3.28. The van der Waals surface area contributed by atoms with E-state index in [1.54, 1.807) is 0 Å². The van der Waals surface area contributed by atoms with E-state index in [2.05, 4.69) is 0 Å². The van der Waals surface area contributed by atoms with Crippen LogP contribution in [0.4, 0.5) is 35.1 Å². The minimum absolute atomic E-state index is 0.170. The molecule has 2 atom stereocenters. The molecule has 0 amide bonds. The Balaban J connectivity index is -0.000000207. The summed E-state index contributed by atoms with van der Waals surface area (Å²) < 4.78 is 88.1. The standard InChI is InChI=1S/C5H9F3.C3H4F4.C2H5F/c1-3-4(2)5(6,7)8;1-2(4)3(5,6)7;1-2-3/h4H,3H2,1-2H3;2H,1H3;2H2,1H3. The first-order valence-electron chi connectivity index (χ1n) is 5.17. The van der Waals surface area contributed by atoms with Gasteiger partial charge in [0.15, 0.2) is 6.17 Å². The van der Waals surface area contributed by atoms with E-state index in [-0.39, 0.29) is 13.1 Å². The predicted octanol–water partition coefficient (Wildman–Crippen LogP) is 5.48. The summed E-state index contributed by atoms with van der Waals surface area (Å²) in [6.07, 6.45) is -11.2. The fourth-order valence-corrected chi connectivity index (χ4v) is 0.231. The highest BCUT2D eigenvalue weighted by atomic mass is 19.4. The molecule has 0 saturated carbocycles. The van der Waals surface area contributed by atoms with E-state index in [1.165, 1.54) is 20.8 Å². The van der Waals surface area contributed by atoms with Crippen LogP contribution in [0.15, 0.2) is 0 Å². The minimum Gasteiger partial charge on any atom is -0.251 e. The smallest absolute Gasteiger partial charge is 0.251 e. The van der Waals surface area contributed by atoms with Crippen LogP contribution in [-0.4, -0.2) is 25.2 Å². The van der Waals surface area contributed by atoms with E-state index < -0.39 is 24.4 Å². The molecule has 0 N–H and O–H groups in total. The Morgan fingerprint density at radius 2 is 1.06 bits per heavy atom. The number of hydrogen-bond acceptors (Lipinski definition) is 0. The molecule has 0 aromatic carbocycles. The zero-order chi connectivity index (χ0) is 15.6. The van der Waals surface area contributed by atoms with Crippen LogP contribution in [0.3, 0.4) is 0 Å². The number of halogens is 8. The molecule has 18 heavy (non-hydrogen) atoms. The third-order valence-electron chi connectivity index (χ3n) is 1.62. The number of alkyl halides is 8. The molecule has 0 aromatic heterocycles. The Kier molecular flexibility index (Phi) is 13.0. The van der Waals surface area contributed by atoms with Gasteiger partial charge in [0.2, 0.25) is 0 Å². The lowest BCUT2D eigenvalue weighted by atomic mass is 10.1. The first-order valence-corrected chi connectivity index (χ1v) is 5.17. The van der Waals surface area contributed by atoms with Crippen molar-refractivity contribution in [3.63, 3.8) is 0 Å². The van der Waals surface area contributed by atoms with Gasteiger partial charge in [-0.3, -0.25) is 4.39 Å². The van der Waals surface area contributed by atoms with E-state index in [4.69, 9.17) is 0 Å². The van der Waals surface area contributed by atoms with E-state index in [1.807, 2.05) is 0 Å². The van der Waals surface area contributed by atoms with Crippen molar-refractivity contribution in [2.24, 2.45) is 5.92 Å². The molecule has 0 nitrogen and oxygen atoms in total. The molecular weight excluding hydrogens is 272 g/mol. The maximum absolute atomic E-state index is 11.4. The molecule has 0 fully saturated rings. The summed E-state index contributed by atoms with van der Waals surface area (Å²) >= 11 is 0. The quantitative estimate of drug-likeness (QED) is 0.561. The maximum atomic E-state index is 11.4. The Labute approximate surface area is 101 Å². The molecule has 0 bridgehead atoms. The highest BCUT2D eigenvalue weighted by molar-refractivity contribution is 4.58. The van der Waals surface area contributed by atoms with Crippen molar-refractivity contribution < 1.29 is 35.1 Å². The molecule has 114 valence electrons. The molecule has 0 heterocycles. The average Bonchev–Trinajstić information content (AvgIpc) is 2.15. The molecule has 2 unspecified atom stereocenters. The highest BCUT2D eigenvalue weighted by Crippen LogP contribution is 2.27. The third-order valence-corrected chi connectivity index (χ3v) is 1.62. The lowest BCUT2D eigenvalue weighted by Crippen LogP contribution is -2.20. The first-order chi connectivity index (χ1) is 7.84. The van der Waals surface area contributed by atoms with Gasteiger partial charge in [0.25, 0.3) is 0 Å². The van der Waals surface area contributed by atoms with Gasteiger partial charge in [-0.2, -0.15) is 26.3 Å². The van der Waals surface area contributed by atoms with Gasteiger partial charge in [-0.25, -0.2) is 4.39 Å². The van der Waals surface area contributed by atoms with Crippen LogP contribution in [0, 0.1) is 5.92 Å². The zero-order valence-corrected chi connectivity index (χ0v) is 10.6. The van der Waals surface area contributed by atoms with Crippen LogP contribution >= 0.6 is 0 Å². The van der Waals surface area contributed by atoms with Crippen LogP contribution in [0.2, 0.25) is 0 Å². The van der Waals surface area contributed by atoms with Crippen molar-refractivity contribution in [2.75, 3.05) is 6.67 Å². The van der Waals surface area contributed by atoms with Crippen molar-refractivity contribution in [1.29, 1.82) is 0 Å². The van der Waals surface area contributed by atoms with Crippen LogP contribution in [0.1, 0.15) is 34.1 Å². The lowest BCUT2D eigenvalue weighted by molar-refractivity contribution is -0.174. The van der Waals surface area contributed by atoms with Gasteiger partial charge < -0.3 is 0 Å². The average molecular weight is 290 g/mol. The molecular formula is C10H18F8. The Morgan fingerprint density at radius 3 is 1.06 bits per heavy atom. The van der Waals surface area contributed by atoms with E-state index in [9.17, 15) is 35.1 Å². The maximum Gasteiger partial charge on any atom is 0.419 e. The van der Waals surface area contributed by atoms with Crippen molar-refractivity contribution in [3.05, 3.63) is 0 Å². The zero-order valence-electron chi connectivity index (χ0n) is 10.6. The minimum atomic E-state index is -4.67. The highest BCUT2D eigenvalue weighted by Gasteiger charge is 2.35. The third kappa shape index (κ3) is 17.8. The monoisotopic (exact) mass is 290 g/mol. The lowest BCUT2D eigenvalue weighted by Gasteiger charge is -2.11. The summed E-state index contributed by atoms with van der Waals surface area (Å²) in [5, 5.41) is 0. The molecule has 0 aliphatic carbocycles. The number of hydrogen-bond donors (Lipinski definition) is 0. The van der Waals surface area contributed by atoms with Gasteiger partial charge in [0.05, 0.1) is 12.6 Å². The molecule has 0 aliphatic rings. The second kappa shape index (κ2) is 10.4. The van der Waals surface area contributed by atoms with E-state index in [0.717, 1.165) is 0 Å². The normalized spacial score (nSPS) is 14.7. The molecule has 0 saturated heterocycles. The largest absolute Gasteiger partial charge is 0.419 e. The predicted molar refractivity (Wildman–Crippen MR) is 53.8 cm³/mol. The molecule has 0 radical (unpaired) electrons. The summed E-state index contributed by atoms with van der Waals surface area (Å²) in [4.78, 5) is 0. The summed E-state index contributed by atoms with van der Waals surface area (Å²) in [5.41, 5.74) is 0. The van der Waals surface area contributed by atoms with Crippen molar-refractivity contribution >= 4 is 0 Å². The summed E-state index contributed by atoms with van der Waals surface area (Å²) in [6, 6.07) is 0. The topological polar surface area (TPSA) is 0 Å². The van der Waals surface area contributed by atoms with E-state index in [0.29, 0.717) is 6.92 Å². The van der Waals surface area contributed by atoms with Crippen molar-refractivity contribution in [3.8, 4) is 0 Å². The van der Waals surface area contributed by atoms with Gasteiger partial charge in [-0.05, 0) is 20.3 Å². The van der Waals surface area contributed by atoms with Gasteiger partial charge in [0.1, 0.15) is 0 Å². The van der Waals surface area contributed by atoms with Crippen LogP contribution in [0.5, 0.6) is 0 Å². The van der Waals surface area contributed by atoms with Gasteiger partial charge >= 0.3 is 12.4 Å². The molecule has 0 spiro atoms. The van der Waals surface area contributed by atoms with Crippen molar-refractivity contribution in [1.82, 2.24) is 0 Å². The Hall–Kier alpha value is -0.560. The van der Waals surface area contributed by atoms with Crippen LogP contribution in [0.25, 0.3) is 0 Å². The summed E-state index contributed by atoms with van der Waals surface area (Å²) in [7, 11) is 0. The molecule has 0 rings (SSSR count). The SMILES string of the molecule is CC(F)C(F)(F)F.CCC(C)C(F)(F)F.CCF. The van der Waals surface area contributed by atoms with Crippen molar-refractivity contribution in [2.45, 2.75) is 52.6 Å². The second-order valence-corrected chi connectivity index (χ2v) is 3.28. The fraction of sp³-hybridized carbons (Fsp3) is 1.00. The number of rotatable bonds is 1. The summed E-state index contributed by atoms with van der Waals surface area (Å²) in [6.45, 7) is 4.37. The van der Waals surface area contributed by atoms with Gasteiger partial charge in [-0.1, -0.05) is 13.8 Å². The molecule has 8 heteroatoms. The Morgan fingerprint density at radius 1 is 0.833 bits per heavy atom. The summed E-state index contributed by atoms with van der Waals surface area (Å²) in [5.74, 6) is -1.15. The molecule has 0 aromatic rings.